The van der Waals surface area contributed by atoms with Crippen molar-refractivity contribution in [2.75, 3.05) is 0 Å². The van der Waals surface area contributed by atoms with Gasteiger partial charge in [-0.15, -0.1) is 0 Å². The van der Waals surface area contributed by atoms with Crippen LogP contribution in [0.5, 0.6) is 0 Å². The average Bonchev–Trinajstić information content (AvgIpc) is 1.61. The number of allylic oxidation sites excluding steroid dienone is 2. The summed E-state index contributed by atoms with van der Waals surface area (Å²) in [5, 5.41) is 0. The second-order valence-electron chi connectivity index (χ2n) is 1.74. The van der Waals surface area contributed by atoms with E-state index in [0.29, 0.717) is 0 Å². The molecular formula is C6H10F2. The van der Waals surface area contributed by atoms with Crippen LogP contribution in [0, 0.1) is 0 Å². The van der Waals surface area contributed by atoms with E-state index in [4.69, 9.17) is 0 Å². The standard InChI is InChI=1S/C6H10F2/c1-5(7)3-4-6(2)8/h3-6H,1-2H3/b4-3+. The minimum absolute atomic E-state index is 1.03. The molecule has 0 N–H and O–H groups in total. The van der Waals surface area contributed by atoms with Crippen LogP contribution >= 0.6 is 0 Å². The lowest BCUT2D eigenvalue weighted by atomic mass is 10.3. The zero-order chi connectivity index (χ0) is 6.57. The second-order valence-corrected chi connectivity index (χ2v) is 1.74. The number of hydrogen-bond donors (Lipinski definition) is 0. The summed E-state index contributed by atoms with van der Waals surface area (Å²) in [5.41, 5.74) is 0. The zero-order valence-corrected chi connectivity index (χ0v) is 5.07. The van der Waals surface area contributed by atoms with Gasteiger partial charge in [0.25, 0.3) is 0 Å². The van der Waals surface area contributed by atoms with Crippen LogP contribution in [0.25, 0.3) is 0 Å². The number of halogens is 2. The molecule has 0 heterocycles. The van der Waals surface area contributed by atoms with Crippen molar-refractivity contribution in [1.29, 1.82) is 0 Å². The molecule has 0 bridgehead atoms. The van der Waals surface area contributed by atoms with Crippen LogP contribution in [0.15, 0.2) is 12.2 Å². The Balaban J connectivity index is 3.34. The number of rotatable bonds is 2. The van der Waals surface area contributed by atoms with Gasteiger partial charge in [0.05, 0.1) is 0 Å². The molecule has 0 aliphatic rings. The van der Waals surface area contributed by atoms with Crippen molar-refractivity contribution in [3.05, 3.63) is 12.2 Å². The van der Waals surface area contributed by atoms with Gasteiger partial charge < -0.3 is 0 Å². The lowest BCUT2D eigenvalue weighted by Gasteiger charge is -1.90. The highest BCUT2D eigenvalue weighted by Crippen LogP contribution is 1.94. The molecule has 0 aliphatic carbocycles. The Morgan fingerprint density at radius 3 is 1.38 bits per heavy atom. The van der Waals surface area contributed by atoms with E-state index in [1.165, 1.54) is 26.0 Å². The van der Waals surface area contributed by atoms with Gasteiger partial charge in [-0.1, -0.05) is 12.2 Å². The first kappa shape index (κ1) is 7.60. The molecule has 8 heavy (non-hydrogen) atoms. The molecule has 0 fully saturated rings. The van der Waals surface area contributed by atoms with E-state index < -0.39 is 12.3 Å². The smallest absolute Gasteiger partial charge is 0.116 e. The maximum Gasteiger partial charge on any atom is 0.116 e. The van der Waals surface area contributed by atoms with E-state index in [1.54, 1.807) is 0 Å². The fourth-order valence-electron chi connectivity index (χ4n) is 0.306. The Hall–Kier alpha value is -0.400. The Labute approximate surface area is 48.2 Å². The number of hydrogen-bond acceptors (Lipinski definition) is 0. The molecule has 48 valence electrons. The molecule has 0 saturated carbocycles. The SMILES string of the molecule is CC(F)/C=C/C(C)F. The first-order chi connectivity index (χ1) is 3.63. The highest BCUT2D eigenvalue weighted by atomic mass is 19.1. The molecule has 0 rings (SSSR count). The monoisotopic (exact) mass is 120 g/mol. The molecule has 0 saturated heterocycles. The van der Waals surface area contributed by atoms with Crippen molar-refractivity contribution in [2.45, 2.75) is 26.2 Å². The molecular weight excluding hydrogens is 110 g/mol. The van der Waals surface area contributed by atoms with E-state index >= 15 is 0 Å². The summed E-state index contributed by atoms with van der Waals surface area (Å²) in [6, 6.07) is 0. The largest absolute Gasteiger partial charge is 0.243 e. The highest BCUT2D eigenvalue weighted by molar-refractivity contribution is 4.90. The van der Waals surface area contributed by atoms with E-state index in [1.807, 2.05) is 0 Å². The van der Waals surface area contributed by atoms with Crippen molar-refractivity contribution in [1.82, 2.24) is 0 Å². The van der Waals surface area contributed by atoms with Gasteiger partial charge >= 0.3 is 0 Å². The maximum absolute atomic E-state index is 11.8. The van der Waals surface area contributed by atoms with Gasteiger partial charge in [-0.25, -0.2) is 8.78 Å². The summed E-state index contributed by atoms with van der Waals surface area (Å²) in [7, 11) is 0. The molecule has 0 radical (unpaired) electrons. The van der Waals surface area contributed by atoms with E-state index in [0.717, 1.165) is 0 Å². The van der Waals surface area contributed by atoms with Crippen molar-refractivity contribution in [3.8, 4) is 0 Å². The molecule has 0 aromatic heterocycles. The molecule has 0 amide bonds. The van der Waals surface area contributed by atoms with Crippen molar-refractivity contribution in [3.63, 3.8) is 0 Å². The molecule has 0 nitrogen and oxygen atoms in total. The molecule has 0 aromatic rings. The van der Waals surface area contributed by atoms with Crippen molar-refractivity contribution >= 4 is 0 Å². The highest BCUT2D eigenvalue weighted by Gasteiger charge is 1.91. The van der Waals surface area contributed by atoms with Gasteiger partial charge in [-0.3, -0.25) is 0 Å². The van der Waals surface area contributed by atoms with Crippen LogP contribution in [0.3, 0.4) is 0 Å². The van der Waals surface area contributed by atoms with Gasteiger partial charge in [-0.05, 0) is 13.8 Å². The lowest BCUT2D eigenvalue weighted by molar-refractivity contribution is 0.408. The van der Waals surface area contributed by atoms with Gasteiger partial charge in [0, 0.05) is 0 Å². The summed E-state index contributed by atoms with van der Waals surface area (Å²) in [4.78, 5) is 0. The normalized spacial score (nSPS) is 19.0. The summed E-state index contributed by atoms with van der Waals surface area (Å²) >= 11 is 0. The quantitative estimate of drug-likeness (QED) is 0.490. The molecule has 0 aromatic carbocycles. The third kappa shape index (κ3) is 5.60. The Morgan fingerprint density at radius 2 is 1.25 bits per heavy atom. The zero-order valence-electron chi connectivity index (χ0n) is 5.07. The summed E-state index contributed by atoms with van der Waals surface area (Å²) in [6.07, 6.45) is 0.330. The Kier molecular flexibility index (Phi) is 3.40. The third-order valence-corrected chi connectivity index (χ3v) is 0.641. The molecule has 2 atom stereocenters. The summed E-state index contributed by atoms with van der Waals surface area (Å²) in [6.45, 7) is 2.72. The Morgan fingerprint density at radius 1 is 1.00 bits per heavy atom. The molecule has 2 unspecified atom stereocenters. The van der Waals surface area contributed by atoms with Gasteiger partial charge in [-0.2, -0.15) is 0 Å². The lowest BCUT2D eigenvalue weighted by Crippen LogP contribution is -1.88. The van der Waals surface area contributed by atoms with Crippen LogP contribution in [-0.2, 0) is 0 Å². The van der Waals surface area contributed by atoms with Gasteiger partial charge in [0.1, 0.15) is 12.3 Å². The molecule has 0 aliphatic heterocycles. The fraction of sp³-hybridized carbons (Fsp3) is 0.667. The first-order valence-electron chi connectivity index (χ1n) is 2.59. The predicted octanol–water partition coefficient (Wildman–Crippen LogP) is 2.26. The first-order valence-corrected chi connectivity index (χ1v) is 2.59. The van der Waals surface area contributed by atoms with Crippen molar-refractivity contribution in [2.24, 2.45) is 0 Å². The Bertz CT molecular complexity index is 64.6. The molecule has 2 heteroatoms. The summed E-state index contributed by atoms with van der Waals surface area (Å²) < 4.78 is 23.6. The van der Waals surface area contributed by atoms with Crippen LogP contribution in [0.2, 0.25) is 0 Å². The third-order valence-electron chi connectivity index (χ3n) is 0.641. The van der Waals surface area contributed by atoms with E-state index in [9.17, 15) is 8.78 Å². The van der Waals surface area contributed by atoms with Crippen LogP contribution < -0.4 is 0 Å². The van der Waals surface area contributed by atoms with Crippen LogP contribution in [-0.4, -0.2) is 12.3 Å². The van der Waals surface area contributed by atoms with Gasteiger partial charge in [0.15, 0.2) is 0 Å². The van der Waals surface area contributed by atoms with Crippen molar-refractivity contribution < 1.29 is 8.78 Å². The van der Waals surface area contributed by atoms with Crippen LogP contribution in [0.1, 0.15) is 13.8 Å². The van der Waals surface area contributed by atoms with E-state index in [-0.39, 0.29) is 0 Å². The summed E-state index contributed by atoms with van der Waals surface area (Å²) in [5.74, 6) is 0. The topological polar surface area (TPSA) is 0 Å². The molecule has 0 spiro atoms. The fourth-order valence-corrected chi connectivity index (χ4v) is 0.306. The second kappa shape index (κ2) is 3.58. The van der Waals surface area contributed by atoms with Gasteiger partial charge in [0.2, 0.25) is 0 Å². The minimum Gasteiger partial charge on any atom is -0.243 e. The van der Waals surface area contributed by atoms with Crippen LogP contribution in [0.4, 0.5) is 8.78 Å². The predicted molar refractivity (Wildman–Crippen MR) is 30.3 cm³/mol. The minimum atomic E-state index is -1.03. The van der Waals surface area contributed by atoms with E-state index in [2.05, 4.69) is 0 Å². The number of alkyl halides is 2. The average molecular weight is 120 g/mol. The maximum atomic E-state index is 11.8.